The third-order valence-electron chi connectivity index (χ3n) is 4.47. The van der Waals surface area contributed by atoms with E-state index in [-0.39, 0.29) is 12.3 Å². The Bertz CT molecular complexity index is 966. The number of ether oxygens (including phenoxy) is 2. The zero-order chi connectivity index (χ0) is 19.9. The average Bonchev–Trinajstić information content (AvgIpc) is 2.72. The summed E-state index contributed by atoms with van der Waals surface area (Å²) in [5.74, 6) is 0.00960. The van der Waals surface area contributed by atoms with Crippen LogP contribution >= 0.6 is 0 Å². The van der Waals surface area contributed by atoms with E-state index in [1.54, 1.807) is 14.0 Å². The van der Waals surface area contributed by atoms with Gasteiger partial charge in [0.2, 0.25) is 0 Å². The van der Waals surface area contributed by atoms with Crippen LogP contribution in [0.2, 0.25) is 0 Å². The number of rotatable bonds is 7. The second-order valence-electron chi connectivity index (χ2n) is 6.53. The van der Waals surface area contributed by atoms with E-state index >= 15 is 0 Å². The summed E-state index contributed by atoms with van der Waals surface area (Å²) in [6, 6.07) is 21.1. The molecule has 0 spiro atoms. The lowest BCUT2D eigenvalue weighted by molar-refractivity contribution is -0.153. The minimum Gasteiger partial charge on any atom is -0.497 e. The second-order valence-corrected chi connectivity index (χ2v) is 6.53. The molecule has 0 aromatic heterocycles. The number of hydrogen-bond acceptors (Lipinski definition) is 4. The molecule has 5 nitrogen and oxygen atoms in total. The van der Waals surface area contributed by atoms with Gasteiger partial charge in [-0.15, -0.1) is 0 Å². The van der Waals surface area contributed by atoms with Crippen molar-refractivity contribution in [2.45, 2.75) is 25.9 Å². The fourth-order valence-corrected chi connectivity index (χ4v) is 2.86. The molecule has 0 saturated heterocycles. The molecule has 1 unspecified atom stereocenters. The summed E-state index contributed by atoms with van der Waals surface area (Å²) in [5.41, 5.74) is 1.68. The van der Waals surface area contributed by atoms with Gasteiger partial charge in [-0.1, -0.05) is 42.5 Å². The summed E-state index contributed by atoms with van der Waals surface area (Å²) >= 11 is 0. The maximum atomic E-state index is 12.3. The molecule has 0 bridgehead atoms. The van der Waals surface area contributed by atoms with Crippen LogP contribution in [0, 0.1) is 0 Å². The first-order valence-corrected chi connectivity index (χ1v) is 9.17. The summed E-state index contributed by atoms with van der Waals surface area (Å²) in [6.45, 7) is 1.57. The van der Waals surface area contributed by atoms with Crippen LogP contribution in [0.4, 0.5) is 5.69 Å². The fourth-order valence-electron chi connectivity index (χ4n) is 2.86. The molecule has 144 valence electrons. The Hall–Kier alpha value is -3.34. The maximum Gasteiger partial charge on any atom is 0.306 e. The maximum absolute atomic E-state index is 12.3. The second kappa shape index (κ2) is 9.04. The van der Waals surface area contributed by atoms with E-state index in [4.69, 9.17) is 9.47 Å². The molecule has 1 atom stereocenters. The van der Waals surface area contributed by atoms with E-state index in [0.29, 0.717) is 12.1 Å². The van der Waals surface area contributed by atoms with E-state index in [2.05, 4.69) is 5.32 Å². The number of carbonyl (C=O) groups is 2. The number of hydrogen-bond donors (Lipinski definition) is 1. The first-order chi connectivity index (χ1) is 13.5. The van der Waals surface area contributed by atoms with Crippen LogP contribution in [0.3, 0.4) is 0 Å². The van der Waals surface area contributed by atoms with Gasteiger partial charge in [0, 0.05) is 12.1 Å². The lowest BCUT2D eigenvalue weighted by Gasteiger charge is -2.14. The van der Waals surface area contributed by atoms with Crippen LogP contribution in [0.15, 0.2) is 66.7 Å². The minimum atomic E-state index is -0.866. The number of nitrogens with one attached hydrogen (secondary N) is 1. The van der Waals surface area contributed by atoms with Gasteiger partial charge < -0.3 is 14.8 Å². The first-order valence-electron chi connectivity index (χ1n) is 9.17. The van der Waals surface area contributed by atoms with Crippen LogP contribution in [0.5, 0.6) is 5.75 Å². The Morgan fingerprint density at radius 2 is 1.68 bits per heavy atom. The van der Waals surface area contributed by atoms with Crippen LogP contribution in [0.25, 0.3) is 10.8 Å². The number of aryl methyl sites for hydroxylation is 1. The molecule has 5 heteroatoms. The molecular weight excluding hydrogens is 354 g/mol. The van der Waals surface area contributed by atoms with Crippen molar-refractivity contribution in [3.05, 3.63) is 72.3 Å². The SMILES string of the molecule is COc1ccc(CCC(=O)OC(C)C(=O)Nc2ccc3ccccc3c2)cc1. The van der Waals surface area contributed by atoms with Crippen molar-refractivity contribution >= 4 is 28.3 Å². The van der Waals surface area contributed by atoms with Crippen molar-refractivity contribution in [3.8, 4) is 5.75 Å². The molecule has 1 N–H and O–H groups in total. The number of amides is 1. The molecule has 0 heterocycles. The summed E-state index contributed by atoms with van der Waals surface area (Å²) in [6.07, 6.45) is -0.114. The highest BCUT2D eigenvalue weighted by Gasteiger charge is 2.18. The van der Waals surface area contributed by atoms with Gasteiger partial charge in [0.1, 0.15) is 5.75 Å². The highest BCUT2D eigenvalue weighted by Crippen LogP contribution is 2.19. The number of esters is 1. The predicted molar refractivity (Wildman–Crippen MR) is 109 cm³/mol. The van der Waals surface area contributed by atoms with Crippen molar-refractivity contribution in [1.82, 2.24) is 0 Å². The summed E-state index contributed by atoms with van der Waals surface area (Å²) in [7, 11) is 1.61. The van der Waals surface area contributed by atoms with Crippen molar-refractivity contribution in [3.63, 3.8) is 0 Å². The number of benzene rings is 3. The fraction of sp³-hybridized carbons (Fsp3) is 0.217. The lowest BCUT2D eigenvalue weighted by Crippen LogP contribution is -2.30. The largest absolute Gasteiger partial charge is 0.497 e. The van der Waals surface area contributed by atoms with E-state index in [9.17, 15) is 9.59 Å². The Morgan fingerprint density at radius 1 is 0.964 bits per heavy atom. The molecule has 3 aromatic rings. The van der Waals surface area contributed by atoms with Crippen LogP contribution in [-0.4, -0.2) is 25.1 Å². The molecule has 3 aromatic carbocycles. The van der Waals surface area contributed by atoms with Crippen molar-refractivity contribution < 1.29 is 19.1 Å². The third-order valence-corrected chi connectivity index (χ3v) is 4.47. The number of fused-ring (bicyclic) bond motifs is 1. The van der Waals surface area contributed by atoms with Crippen LogP contribution in [-0.2, 0) is 20.7 Å². The summed E-state index contributed by atoms with van der Waals surface area (Å²) < 4.78 is 10.4. The standard InChI is InChI=1S/C23H23NO4/c1-16(28-22(25)14-9-17-7-12-21(27-2)13-8-17)23(26)24-20-11-10-18-5-3-4-6-19(18)15-20/h3-8,10-13,15-16H,9,14H2,1-2H3,(H,24,26). The Labute approximate surface area is 164 Å². The molecule has 0 fully saturated rings. The predicted octanol–water partition coefficient (Wildman–Crippen LogP) is 4.35. The van der Waals surface area contributed by atoms with E-state index in [0.717, 1.165) is 22.1 Å². The van der Waals surface area contributed by atoms with Gasteiger partial charge in [-0.25, -0.2) is 0 Å². The number of anilines is 1. The molecule has 0 aliphatic carbocycles. The Morgan fingerprint density at radius 3 is 2.39 bits per heavy atom. The molecule has 0 radical (unpaired) electrons. The van der Waals surface area contributed by atoms with E-state index in [1.165, 1.54) is 0 Å². The number of methoxy groups -OCH3 is 1. The van der Waals surface area contributed by atoms with Crippen molar-refractivity contribution in [2.24, 2.45) is 0 Å². The highest BCUT2D eigenvalue weighted by molar-refractivity contribution is 5.97. The molecular formula is C23H23NO4. The van der Waals surface area contributed by atoms with E-state index in [1.807, 2.05) is 66.7 Å². The smallest absolute Gasteiger partial charge is 0.306 e. The quantitative estimate of drug-likeness (QED) is 0.622. The minimum absolute atomic E-state index is 0.208. The molecule has 1 amide bonds. The molecule has 28 heavy (non-hydrogen) atoms. The molecule has 0 aliphatic rings. The summed E-state index contributed by atoms with van der Waals surface area (Å²) in [4.78, 5) is 24.4. The van der Waals surface area contributed by atoms with Gasteiger partial charge in [0.15, 0.2) is 6.10 Å². The van der Waals surface area contributed by atoms with Crippen LogP contribution in [0.1, 0.15) is 18.9 Å². The molecule has 0 aliphatic heterocycles. The number of carbonyl (C=O) groups excluding carboxylic acids is 2. The van der Waals surface area contributed by atoms with Crippen molar-refractivity contribution in [2.75, 3.05) is 12.4 Å². The highest BCUT2D eigenvalue weighted by atomic mass is 16.5. The first kappa shape index (κ1) is 19.4. The third kappa shape index (κ3) is 5.10. The molecule has 0 saturated carbocycles. The zero-order valence-corrected chi connectivity index (χ0v) is 16.0. The van der Waals surface area contributed by atoms with Crippen molar-refractivity contribution in [1.29, 1.82) is 0 Å². The van der Waals surface area contributed by atoms with Gasteiger partial charge in [-0.3, -0.25) is 9.59 Å². The van der Waals surface area contributed by atoms with Gasteiger partial charge in [-0.2, -0.15) is 0 Å². The molecule has 3 rings (SSSR count). The lowest BCUT2D eigenvalue weighted by atomic mass is 10.1. The Kier molecular flexibility index (Phi) is 6.27. The summed E-state index contributed by atoms with van der Waals surface area (Å²) in [5, 5.41) is 4.92. The van der Waals surface area contributed by atoms with Gasteiger partial charge in [0.25, 0.3) is 5.91 Å². The van der Waals surface area contributed by atoms with Gasteiger partial charge in [0.05, 0.1) is 7.11 Å². The average molecular weight is 377 g/mol. The topological polar surface area (TPSA) is 64.6 Å². The zero-order valence-electron chi connectivity index (χ0n) is 16.0. The van der Waals surface area contributed by atoms with Crippen LogP contribution < -0.4 is 10.1 Å². The Balaban J connectivity index is 1.50. The van der Waals surface area contributed by atoms with E-state index < -0.39 is 12.1 Å². The normalized spacial score (nSPS) is 11.6. The van der Waals surface area contributed by atoms with Gasteiger partial charge in [-0.05, 0) is 53.9 Å². The van der Waals surface area contributed by atoms with Gasteiger partial charge >= 0.3 is 5.97 Å². The monoisotopic (exact) mass is 377 g/mol.